The highest BCUT2D eigenvalue weighted by atomic mass is 15.2. The van der Waals surface area contributed by atoms with Gasteiger partial charge in [0, 0.05) is 18.5 Å². The number of imidazole rings is 1. The number of nitrogens with zero attached hydrogens (tertiary/aromatic N) is 4. The van der Waals surface area contributed by atoms with Crippen molar-refractivity contribution in [1.29, 1.82) is 0 Å². The first-order valence-electron chi connectivity index (χ1n) is 7.81. The molecule has 0 spiro atoms. The highest BCUT2D eigenvalue weighted by Crippen LogP contribution is 2.28. The van der Waals surface area contributed by atoms with Gasteiger partial charge >= 0.3 is 0 Å². The van der Waals surface area contributed by atoms with Crippen molar-refractivity contribution in [2.45, 2.75) is 26.8 Å². The van der Waals surface area contributed by atoms with Gasteiger partial charge in [0.25, 0.3) is 0 Å². The van der Waals surface area contributed by atoms with Crippen LogP contribution in [0.25, 0.3) is 21.9 Å². The van der Waals surface area contributed by atoms with E-state index in [2.05, 4.69) is 39.5 Å². The van der Waals surface area contributed by atoms with Crippen LogP contribution in [-0.4, -0.2) is 39.6 Å². The summed E-state index contributed by atoms with van der Waals surface area (Å²) in [7, 11) is 2.16. The second-order valence-electron chi connectivity index (χ2n) is 5.83. The Balaban J connectivity index is 2.11. The quantitative estimate of drug-likeness (QED) is 0.786. The van der Waals surface area contributed by atoms with Gasteiger partial charge in [-0.3, -0.25) is 0 Å². The monoisotopic (exact) mass is 297 g/mol. The van der Waals surface area contributed by atoms with Crippen LogP contribution in [0.15, 0.2) is 24.3 Å². The molecule has 2 heterocycles. The minimum atomic E-state index is 0.512. The molecule has 0 atom stereocenters. The van der Waals surface area contributed by atoms with Gasteiger partial charge in [0.15, 0.2) is 5.82 Å². The number of rotatable bonds is 5. The van der Waals surface area contributed by atoms with E-state index in [9.17, 15) is 0 Å². The fraction of sp³-hybridized carbons (Fsp3) is 0.412. The first kappa shape index (κ1) is 14.8. The molecule has 0 radical (unpaired) electrons. The van der Waals surface area contributed by atoms with Gasteiger partial charge in [-0.05, 0) is 33.0 Å². The molecule has 22 heavy (non-hydrogen) atoms. The van der Waals surface area contributed by atoms with Crippen LogP contribution in [0.5, 0.6) is 0 Å². The zero-order chi connectivity index (χ0) is 15.7. The summed E-state index contributed by atoms with van der Waals surface area (Å²) in [4.78, 5) is 11.5. The van der Waals surface area contributed by atoms with Gasteiger partial charge in [0.2, 0.25) is 0 Å². The number of pyridine rings is 1. The van der Waals surface area contributed by atoms with Gasteiger partial charge in [-0.25, -0.2) is 9.97 Å². The number of fused-ring (bicyclic) bond motifs is 3. The number of aromatic nitrogens is 3. The van der Waals surface area contributed by atoms with Crippen LogP contribution in [-0.2, 0) is 6.54 Å². The van der Waals surface area contributed by atoms with Gasteiger partial charge in [0.05, 0.1) is 11.0 Å². The standard InChI is InChI=1S/C17H23N5/c1-4-9-21(3)10-11-22-12(2)19-15-16(22)13-7-5-6-8-14(13)20-17(15)18/h5-8H,4,9-11H2,1-3H3,(H2,18,20). The molecule has 0 saturated carbocycles. The van der Waals surface area contributed by atoms with Crippen molar-refractivity contribution in [3.05, 3.63) is 30.1 Å². The topological polar surface area (TPSA) is 60.0 Å². The Morgan fingerprint density at radius 3 is 2.73 bits per heavy atom. The predicted molar refractivity (Wildman–Crippen MR) is 92.0 cm³/mol. The molecule has 0 amide bonds. The molecule has 0 unspecified atom stereocenters. The van der Waals surface area contributed by atoms with Gasteiger partial charge in [-0.15, -0.1) is 0 Å². The summed E-state index contributed by atoms with van der Waals surface area (Å²) in [5.41, 5.74) is 8.95. The van der Waals surface area contributed by atoms with Gasteiger partial charge in [0.1, 0.15) is 11.3 Å². The number of benzene rings is 1. The minimum absolute atomic E-state index is 0.512. The molecule has 3 aromatic rings. The lowest BCUT2D eigenvalue weighted by molar-refractivity contribution is 0.320. The molecule has 3 rings (SSSR count). The number of hydrogen-bond donors (Lipinski definition) is 1. The van der Waals surface area contributed by atoms with E-state index >= 15 is 0 Å². The Morgan fingerprint density at radius 2 is 1.95 bits per heavy atom. The SMILES string of the molecule is CCCN(C)CCn1c(C)nc2c(N)nc3ccccc3c21. The summed E-state index contributed by atoms with van der Waals surface area (Å²) < 4.78 is 2.27. The maximum atomic E-state index is 6.11. The third kappa shape index (κ3) is 2.52. The zero-order valence-corrected chi connectivity index (χ0v) is 13.5. The summed E-state index contributed by atoms with van der Waals surface area (Å²) in [6.45, 7) is 7.25. The molecule has 0 saturated heterocycles. The number of anilines is 1. The van der Waals surface area contributed by atoms with E-state index < -0.39 is 0 Å². The van der Waals surface area contributed by atoms with Crippen molar-refractivity contribution in [2.75, 3.05) is 25.9 Å². The van der Waals surface area contributed by atoms with Gasteiger partial charge < -0.3 is 15.2 Å². The Bertz CT molecular complexity index is 806. The molecule has 0 bridgehead atoms. The number of likely N-dealkylation sites (N-methyl/N-ethyl adjacent to an activating group) is 1. The molecule has 0 aliphatic heterocycles. The number of para-hydroxylation sites is 1. The molecular formula is C17H23N5. The molecule has 0 aliphatic carbocycles. The second-order valence-corrected chi connectivity index (χ2v) is 5.83. The Morgan fingerprint density at radius 1 is 1.18 bits per heavy atom. The van der Waals surface area contributed by atoms with Crippen molar-refractivity contribution >= 4 is 27.8 Å². The molecule has 0 aliphatic rings. The van der Waals surface area contributed by atoms with Crippen molar-refractivity contribution in [3.63, 3.8) is 0 Å². The van der Waals surface area contributed by atoms with E-state index in [1.54, 1.807) is 0 Å². The Kier molecular flexibility index (Phi) is 3.98. The van der Waals surface area contributed by atoms with Crippen LogP contribution in [0, 0.1) is 6.92 Å². The van der Waals surface area contributed by atoms with Crippen molar-refractivity contribution in [3.8, 4) is 0 Å². The maximum absolute atomic E-state index is 6.11. The number of aryl methyl sites for hydroxylation is 1. The van der Waals surface area contributed by atoms with E-state index in [1.165, 1.54) is 6.42 Å². The number of hydrogen-bond acceptors (Lipinski definition) is 4. The van der Waals surface area contributed by atoms with Crippen LogP contribution in [0.3, 0.4) is 0 Å². The lowest BCUT2D eigenvalue weighted by atomic mass is 10.2. The number of nitrogens with two attached hydrogens (primary N) is 1. The van der Waals surface area contributed by atoms with Gasteiger partial charge in [-0.2, -0.15) is 0 Å². The number of nitrogen functional groups attached to an aromatic ring is 1. The molecular weight excluding hydrogens is 274 g/mol. The first-order chi connectivity index (χ1) is 10.6. The Labute approximate surface area is 130 Å². The van der Waals surface area contributed by atoms with Crippen LogP contribution in [0.1, 0.15) is 19.2 Å². The average Bonchev–Trinajstić information content (AvgIpc) is 2.83. The van der Waals surface area contributed by atoms with Crippen LogP contribution in [0.2, 0.25) is 0 Å². The fourth-order valence-corrected chi connectivity index (χ4v) is 3.01. The van der Waals surface area contributed by atoms with E-state index in [0.29, 0.717) is 5.82 Å². The molecule has 0 fully saturated rings. The molecule has 116 valence electrons. The summed E-state index contributed by atoms with van der Waals surface area (Å²) in [5.74, 6) is 1.50. The lowest BCUT2D eigenvalue weighted by Crippen LogP contribution is -2.24. The zero-order valence-electron chi connectivity index (χ0n) is 13.5. The summed E-state index contributed by atoms with van der Waals surface area (Å²) >= 11 is 0. The van der Waals surface area contributed by atoms with E-state index in [0.717, 1.165) is 47.4 Å². The molecule has 1 aromatic carbocycles. The van der Waals surface area contributed by atoms with Crippen molar-refractivity contribution < 1.29 is 0 Å². The molecule has 2 aromatic heterocycles. The van der Waals surface area contributed by atoms with Gasteiger partial charge in [-0.1, -0.05) is 25.1 Å². The average molecular weight is 297 g/mol. The lowest BCUT2D eigenvalue weighted by Gasteiger charge is -2.17. The van der Waals surface area contributed by atoms with Crippen LogP contribution in [0.4, 0.5) is 5.82 Å². The van der Waals surface area contributed by atoms with E-state index in [4.69, 9.17) is 5.73 Å². The molecule has 5 nitrogen and oxygen atoms in total. The van der Waals surface area contributed by atoms with Crippen LogP contribution < -0.4 is 5.73 Å². The Hall–Kier alpha value is -2.14. The van der Waals surface area contributed by atoms with E-state index in [-0.39, 0.29) is 0 Å². The summed E-state index contributed by atoms with van der Waals surface area (Å²) in [6, 6.07) is 8.12. The third-order valence-corrected chi connectivity index (χ3v) is 4.11. The first-order valence-corrected chi connectivity index (χ1v) is 7.81. The van der Waals surface area contributed by atoms with E-state index in [1.807, 2.05) is 25.1 Å². The minimum Gasteiger partial charge on any atom is -0.382 e. The third-order valence-electron chi connectivity index (χ3n) is 4.11. The summed E-state index contributed by atoms with van der Waals surface area (Å²) in [5, 5.41) is 1.12. The highest BCUT2D eigenvalue weighted by Gasteiger charge is 2.15. The van der Waals surface area contributed by atoms with Crippen molar-refractivity contribution in [1.82, 2.24) is 19.4 Å². The largest absolute Gasteiger partial charge is 0.382 e. The smallest absolute Gasteiger partial charge is 0.152 e. The maximum Gasteiger partial charge on any atom is 0.152 e. The molecule has 5 heteroatoms. The highest BCUT2D eigenvalue weighted by molar-refractivity contribution is 6.06. The normalized spacial score (nSPS) is 11.8. The molecule has 2 N–H and O–H groups in total. The van der Waals surface area contributed by atoms with Crippen molar-refractivity contribution in [2.24, 2.45) is 0 Å². The summed E-state index contributed by atoms with van der Waals surface area (Å²) in [6.07, 6.45) is 1.17. The predicted octanol–water partition coefficient (Wildman–Crippen LogP) is 2.82. The second kappa shape index (κ2) is 5.93. The fourth-order valence-electron chi connectivity index (χ4n) is 3.01. The van der Waals surface area contributed by atoms with Crippen LogP contribution >= 0.6 is 0 Å².